The first kappa shape index (κ1) is 23.1. The molecule has 1 unspecified atom stereocenters. The van der Waals surface area contributed by atoms with E-state index in [4.69, 9.17) is 0 Å². The van der Waals surface area contributed by atoms with Gasteiger partial charge in [0.05, 0.1) is 6.04 Å². The maximum Gasteiger partial charge on any atom is 0.227 e. The topological polar surface area (TPSA) is 49.4 Å². The fraction of sp³-hybridized carbons (Fsp3) is 0.481. The Bertz CT molecular complexity index is 835. The summed E-state index contributed by atoms with van der Waals surface area (Å²) in [7, 11) is 0. The second kappa shape index (κ2) is 10.6. The maximum absolute atomic E-state index is 13.1. The summed E-state index contributed by atoms with van der Waals surface area (Å²) in [4.78, 5) is 27.5. The predicted octanol–water partition coefficient (Wildman–Crippen LogP) is 5.15. The third kappa shape index (κ3) is 6.68. The van der Waals surface area contributed by atoms with Gasteiger partial charge < -0.3 is 10.2 Å². The Morgan fingerprint density at radius 1 is 0.968 bits per heavy atom. The van der Waals surface area contributed by atoms with Crippen LogP contribution in [0.15, 0.2) is 60.7 Å². The van der Waals surface area contributed by atoms with E-state index in [0.29, 0.717) is 13.1 Å². The van der Waals surface area contributed by atoms with E-state index in [9.17, 15) is 9.59 Å². The molecule has 0 aliphatic carbocycles. The zero-order valence-corrected chi connectivity index (χ0v) is 19.1. The van der Waals surface area contributed by atoms with Crippen molar-refractivity contribution in [2.45, 2.75) is 58.9 Å². The van der Waals surface area contributed by atoms with E-state index in [1.807, 2.05) is 49.9 Å². The summed E-state index contributed by atoms with van der Waals surface area (Å²) in [5.74, 6) is 0.273. The van der Waals surface area contributed by atoms with Crippen molar-refractivity contribution in [1.82, 2.24) is 10.2 Å². The molecule has 0 bridgehead atoms. The second-order valence-electron chi connectivity index (χ2n) is 9.67. The first-order valence-corrected chi connectivity index (χ1v) is 11.5. The lowest BCUT2D eigenvalue weighted by molar-refractivity contribution is -0.142. The summed E-state index contributed by atoms with van der Waals surface area (Å²) in [6.45, 7) is 7.19. The molecule has 0 spiro atoms. The van der Waals surface area contributed by atoms with E-state index in [0.717, 1.165) is 37.7 Å². The minimum absolute atomic E-state index is 0.0200. The summed E-state index contributed by atoms with van der Waals surface area (Å²) in [6.07, 6.45) is 4.40. The van der Waals surface area contributed by atoms with Gasteiger partial charge in [-0.15, -0.1) is 0 Å². The van der Waals surface area contributed by atoms with Gasteiger partial charge >= 0.3 is 0 Å². The summed E-state index contributed by atoms with van der Waals surface area (Å²) in [5.41, 5.74) is 2.12. The Labute approximate surface area is 187 Å². The van der Waals surface area contributed by atoms with Crippen LogP contribution in [-0.2, 0) is 16.0 Å². The molecule has 166 valence electrons. The van der Waals surface area contributed by atoms with Crippen molar-refractivity contribution in [3.05, 3.63) is 71.8 Å². The van der Waals surface area contributed by atoms with Gasteiger partial charge in [-0.3, -0.25) is 9.59 Å². The molecular weight excluding hydrogens is 384 g/mol. The highest BCUT2D eigenvalue weighted by Gasteiger charge is 2.32. The Morgan fingerprint density at radius 2 is 1.55 bits per heavy atom. The van der Waals surface area contributed by atoms with Crippen LogP contribution in [0, 0.1) is 11.3 Å². The molecule has 2 aromatic carbocycles. The predicted molar refractivity (Wildman–Crippen MR) is 125 cm³/mol. The Balaban J connectivity index is 1.56. The summed E-state index contributed by atoms with van der Waals surface area (Å²) < 4.78 is 0. The molecule has 1 atom stereocenters. The fourth-order valence-electron chi connectivity index (χ4n) is 4.27. The Morgan fingerprint density at radius 3 is 2.13 bits per heavy atom. The van der Waals surface area contributed by atoms with Crippen LogP contribution in [-0.4, -0.2) is 29.8 Å². The number of rotatable bonds is 7. The van der Waals surface area contributed by atoms with Crippen LogP contribution >= 0.6 is 0 Å². The van der Waals surface area contributed by atoms with Crippen molar-refractivity contribution in [3.8, 4) is 0 Å². The number of nitrogens with one attached hydrogen (secondary N) is 1. The lowest BCUT2D eigenvalue weighted by Crippen LogP contribution is -2.47. The fourth-order valence-corrected chi connectivity index (χ4v) is 4.27. The number of piperidine rings is 1. The summed E-state index contributed by atoms with van der Waals surface area (Å²) >= 11 is 0. The summed E-state index contributed by atoms with van der Waals surface area (Å²) in [6, 6.07) is 20.8. The van der Waals surface area contributed by atoms with Crippen molar-refractivity contribution in [3.63, 3.8) is 0 Å². The van der Waals surface area contributed by atoms with Crippen LogP contribution in [0.25, 0.3) is 0 Å². The van der Waals surface area contributed by atoms with Gasteiger partial charge in [-0.1, -0.05) is 81.4 Å². The molecule has 0 saturated carbocycles. The quantitative estimate of drug-likeness (QED) is 0.673. The van der Waals surface area contributed by atoms with Crippen molar-refractivity contribution >= 4 is 11.8 Å². The Kier molecular flexibility index (Phi) is 7.89. The van der Waals surface area contributed by atoms with E-state index in [1.54, 1.807) is 0 Å². The molecular formula is C27H36N2O2. The molecule has 0 aromatic heterocycles. The van der Waals surface area contributed by atoms with Gasteiger partial charge in [0.25, 0.3) is 0 Å². The molecule has 1 N–H and O–H groups in total. The van der Waals surface area contributed by atoms with Gasteiger partial charge in [0.2, 0.25) is 11.8 Å². The average Bonchev–Trinajstić information content (AvgIpc) is 2.78. The molecule has 1 aliphatic rings. The van der Waals surface area contributed by atoms with Crippen LogP contribution < -0.4 is 5.32 Å². The third-order valence-electron chi connectivity index (χ3n) is 6.11. The number of hydrogen-bond donors (Lipinski definition) is 1. The first-order valence-electron chi connectivity index (χ1n) is 11.5. The lowest BCUT2D eigenvalue weighted by atomic mass is 9.90. The molecule has 1 heterocycles. The van der Waals surface area contributed by atoms with E-state index in [1.165, 1.54) is 5.56 Å². The van der Waals surface area contributed by atoms with E-state index in [2.05, 4.69) is 41.7 Å². The summed E-state index contributed by atoms with van der Waals surface area (Å²) in [5, 5.41) is 3.32. The van der Waals surface area contributed by atoms with Crippen molar-refractivity contribution < 1.29 is 9.59 Å². The highest BCUT2D eigenvalue weighted by atomic mass is 16.2. The smallest absolute Gasteiger partial charge is 0.227 e. The van der Waals surface area contributed by atoms with E-state index in [-0.39, 0.29) is 29.2 Å². The largest absolute Gasteiger partial charge is 0.349 e. The Hall–Kier alpha value is -2.62. The zero-order chi connectivity index (χ0) is 22.3. The normalized spacial score (nSPS) is 16.0. The number of aryl methyl sites for hydroxylation is 1. The minimum Gasteiger partial charge on any atom is -0.349 e. The zero-order valence-electron chi connectivity index (χ0n) is 19.1. The van der Waals surface area contributed by atoms with Crippen LogP contribution in [0.5, 0.6) is 0 Å². The number of amides is 2. The maximum atomic E-state index is 13.1. The second-order valence-corrected chi connectivity index (χ2v) is 9.67. The first-order chi connectivity index (χ1) is 14.8. The van der Waals surface area contributed by atoms with Gasteiger partial charge in [0.15, 0.2) is 0 Å². The van der Waals surface area contributed by atoms with Gasteiger partial charge in [-0.25, -0.2) is 0 Å². The molecule has 2 aromatic rings. The van der Waals surface area contributed by atoms with Gasteiger partial charge in [-0.2, -0.15) is 0 Å². The average molecular weight is 421 g/mol. The minimum atomic E-state index is -0.369. The van der Waals surface area contributed by atoms with Crippen molar-refractivity contribution in [1.29, 1.82) is 0 Å². The highest BCUT2D eigenvalue weighted by molar-refractivity contribution is 5.83. The van der Waals surface area contributed by atoms with Crippen LogP contribution in [0.3, 0.4) is 0 Å². The monoisotopic (exact) mass is 420 g/mol. The van der Waals surface area contributed by atoms with Gasteiger partial charge in [-0.05, 0) is 43.2 Å². The molecule has 3 rings (SSSR count). The molecule has 1 saturated heterocycles. The number of hydrogen-bond acceptors (Lipinski definition) is 2. The number of carbonyl (C=O) groups excluding carboxylic acids is 2. The van der Waals surface area contributed by atoms with E-state index < -0.39 is 0 Å². The SMILES string of the molecule is CC(C)(C)C(=O)N1CCC(C(=O)NC(CCCc2ccccc2)c2ccccc2)CC1. The third-order valence-corrected chi connectivity index (χ3v) is 6.11. The van der Waals surface area contributed by atoms with Crippen molar-refractivity contribution in [2.24, 2.45) is 11.3 Å². The molecule has 4 nitrogen and oxygen atoms in total. The molecule has 31 heavy (non-hydrogen) atoms. The van der Waals surface area contributed by atoms with Gasteiger partial charge in [0.1, 0.15) is 0 Å². The molecule has 2 amide bonds. The molecule has 1 fully saturated rings. The van der Waals surface area contributed by atoms with Crippen LogP contribution in [0.1, 0.15) is 63.6 Å². The number of benzene rings is 2. The lowest BCUT2D eigenvalue weighted by Gasteiger charge is -2.35. The number of likely N-dealkylation sites (tertiary alicyclic amines) is 1. The van der Waals surface area contributed by atoms with Crippen LogP contribution in [0.4, 0.5) is 0 Å². The number of carbonyl (C=O) groups is 2. The van der Waals surface area contributed by atoms with E-state index >= 15 is 0 Å². The van der Waals surface area contributed by atoms with Crippen LogP contribution in [0.2, 0.25) is 0 Å². The van der Waals surface area contributed by atoms with Gasteiger partial charge in [0, 0.05) is 24.4 Å². The van der Waals surface area contributed by atoms with Crippen molar-refractivity contribution in [2.75, 3.05) is 13.1 Å². The standard InChI is InChI=1S/C27H36N2O2/c1-27(2,3)26(31)29-19-17-23(18-20-29)25(30)28-24(22-14-8-5-9-15-22)16-10-13-21-11-6-4-7-12-21/h4-9,11-12,14-15,23-24H,10,13,16-20H2,1-3H3,(H,28,30). The molecule has 0 radical (unpaired) electrons. The number of nitrogens with zero attached hydrogens (tertiary/aromatic N) is 1. The molecule has 1 aliphatic heterocycles. The molecule has 4 heteroatoms. The highest BCUT2D eigenvalue weighted by Crippen LogP contribution is 2.26.